The van der Waals surface area contributed by atoms with Gasteiger partial charge < -0.3 is 19.5 Å². The van der Waals surface area contributed by atoms with Crippen molar-refractivity contribution in [3.05, 3.63) is 52.1 Å². The fraction of sp³-hybridized carbons (Fsp3) is 0.158. The third kappa shape index (κ3) is 5.14. The standard InChI is InChI=1S/C19H16N4O6/c1-2-7-27-16-6-4-15(23(25)26)8-13(16)10-21-22-19(24)11-20-14-3-5-17-18(9-14)29-12-28-17/h1,3-6,8-10,20H,7,11-12H2,(H,22,24)/b21-10-. The van der Waals surface area contributed by atoms with Crippen LogP contribution in [0.2, 0.25) is 0 Å². The van der Waals surface area contributed by atoms with Crippen LogP contribution >= 0.6 is 0 Å². The van der Waals surface area contributed by atoms with E-state index in [1.807, 2.05) is 0 Å². The number of fused-ring (bicyclic) bond motifs is 1. The summed E-state index contributed by atoms with van der Waals surface area (Å²) >= 11 is 0. The van der Waals surface area contributed by atoms with E-state index in [1.54, 1.807) is 18.2 Å². The molecular formula is C19H16N4O6. The van der Waals surface area contributed by atoms with Crippen molar-refractivity contribution in [2.75, 3.05) is 25.3 Å². The van der Waals surface area contributed by atoms with Crippen LogP contribution in [-0.4, -0.2) is 37.0 Å². The highest BCUT2D eigenvalue weighted by Gasteiger charge is 2.13. The molecule has 1 amide bonds. The molecule has 0 unspecified atom stereocenters. The summed E-state index contributed by atoms with van der Waals surface area (Å²) in [5.74, 6) is 3.44. The van der Waals surface area contributed by atoms with Crippen molar-refractivity contribution in [3.63, 3.8) is 0 Å². The van der Waals surface area contributed by atoms with Crippen molar-refractivity contribution in [1.82, 2.24) is 5.43 Å². The molecule has 0 fully saturated rings. The van der Waals surface area contributed by atoms with Crippen LogP contribution in [0.4, 0.5) is 11.4 Å². The van der Waals surface area contributed by atoms with Crippen LogP contribution in [0.3, 0.4) is 0 Å². The number of hydrogen-bond acceptors (Lipinski definition) is 8. The summed E-state index contributed by atoms with van der Waals surface area (Å²) in [6, 6.07) is 9.18. The van der Waals surface area contributed by atoms with Gasteiger partial charge in [-0.15, -0.1) is 6.42 Å². The zero-order valence-corrected chi connectivity index (χ0v) is 15.1. The Morgan fingerprint density at radius 1 is 1.31 bits per heavy atom. The molecule has 29 heavy (non-hydrogen) atoms. The Kier molecular flexibility index (Phi) is 6.12. The number of nitro benzene ring substituents is 1. The van der Waals surface area contributed by atoms with E-state index < -0.39 is 10.8 Å². The zero-order chi connectivity index (χ0) is 20.6. The molecule has 0 aromatic heterocycles. The van der Waals surface area contributed by atoms with Crippen LogP contribution in [0.5, 0.6) is 17.2 Å². The zero-order valence-electron chi connectivity index (χ0n) is 15.1. The molecule has 0 aliphatic carbocycles. The second-order valence-corrected chi connectivity index (χ2v) is 5.69. The van der Waals surface area contributed by atoms with Crippen LogP contribution in [0.15, 0.2) is 41.5 Å². The SMILES string of the molecule is C#CCOc1ccc([N+](=O)[O-])cc1/C=N\NC(=O)CNc1ccc2c(c1)OCO2. The highest BCUT2D eigenvalue weighted by Crippen LogP contribution is 2.34. The van der Waals surface area contributed by atoms with Crippen molar-refractivity contribution >= 4 is 23.5 Å². The number of amides is 1. The number of hydrazone groups is 1. The molecule has 1 aliphatic heterocycles. The van der Waals surface area contributed by atoms with E-state index in [-0.39, 0.29) is 25.6 Å². The third-order valence-electron chi connectivity index (χ3n) is 3.73. The Hall–Kier alpha value is -4.26. The van der Waals surface area contributed by atoms with E-state index in [1.165, 1.54) is 24.4 Å². The molecule has 0 saturated carbocycles. The average molecular weight is 396 g/mol. The van der Waals surface area contributed by atoms with E-state index in [9.17, 15) is 14.9 Å². The van der Waals surface area contributed by atoms with Crippen molar-refractivity contribution < 1.29 is 23.9 Å². The minimum absolute atomic E-state index is 0.00946. The van der Waals surface area contributed by atoms with Crippen molar-refractivity contribution in [2.24, 2.45) is 5.10 Å². The Morgan fingerprint density at radius 2 is 2.14 bits per heavy atom. The largest absolute Gasteiger partial charge is 0.480 e. The number of nitro groups is 1. The lowest BCUT2D eigenvalue weighted by molar-refractivity contribution is -0.384. The smallest absolute Gasteiger partial charge is 0.270 e. The van der Waals surface area contributed by atoms with Crippen LogP contribution in [0.1, 0.15) is 5.56 Å². The molecule has 0 saturated heterocycles. The minimum atomic E-state index is -0.545. The average Bonchev–Trinajstić information content (AvgIpc) is 3.19. The topological polar surface area (TPSA) is 124 Å². The summed E-state index contributed by atoms with van der Waals surface area (Å²) < 4.78 is 15.8. The van der Waals surface area contributed by atoms with Crippen LogP contribution in [0, 0.1) is 22.5 Å². The Labute approximate surface area is 165 Å². The van der Waals surface area contributed by atoms with Crippen molar-refractivity contribution in [3.8, 4) is 29.6 Å². The highest BCUT2D eigenvalue weighted by atomic mass is 16.7. The lowest BCUT2D eigenvalue weighted by Crippen LogP contribution is -2.25. The summed E-state index contributed by atoms with van der Waals surface area (Å²) in [7, 11) is 0. The number of rotatable bonds is 8. The molecule has 1 aliphatic rings. The van der Waals surface area contributed by atoms with E-state index in [2.05, 4.69) is 21.8 Å². The number of nitrogens with zero attached hydrogens (tertiary/aromatic N) is 2. The molecule has 10 nitrogen and oxygen atoms in total. The fourth-order valence-electron chi connectivity index (χ4n) is 2.40. The predicted molar refractivity (Wildman–Crippen MR) is 104 cm³/mol. The second kappa shape index (κ2) is 9.09. The first-order chi connectivity index (χ1) is 14.1. The second-order valence-electron chi connectivity index (χ2n) is 5.69. The monoisotopic (exact) mass is 396 g/mol. The summed E-state index contributed by atoms with van der Waals surface area (Å²) in [5.41, 5.74) is 3.17. The number of benzene rings is 2. The molecule has 3 rings (SSSR count). The molecule has 2 aromatic carbocycles. The summed E-state index contributed by atoms with van der Waals surface area (Å²) in [6.07, 6.45) is 6.41. The van der Waals surface area contributed by atoms with Gasteiger partial charge >= 0.3 is 0 Å². The van der Waals surface area contributed by atoms with Crippen LogP contribution in [-0.2, 0) is 4.79 Å². The number of ether oxygens (including phenoxy) is 3. The van der Waals surface area contributed by atoms with Gasteiger partial charge in [0.05, 0.1) is 17.7 Å². The molecule has 10 heteroatoms. The first-order valence-electron chi connectivity index (χ1n) is 8.37. The number of carbonyl (C=O) groups is 1. The number of non-ortho nitro benzene ring substituents is 1. The number of carbonyl (C=O) groups excluding carboxylic acids is 1. The number of nitrogens with one attached hydrogen (secondary N) is 2. The maximum absolute atomic E-state index is 12.0. The maximum Gasteiger partial charge on any atom is 0.270 e. The Morgan fingerprint density at radius 3 is 2.93 bits per heavy atom. The van der Waals surface area contributed by atoms with Gasteiger partial charge in [-0.25, -0.2) is 5.43 Å². The number of anilines is 1. The van der Waals surface area contributed by atoms with Gasteiger partial charge in [0.25, 0.3) is 11.6 Å². The van der Waals surface area contributed by atoms with Crippen molar-refractivity contribution in [1.29, 1.82) is 0 Å². The van der Waals surface area contributed by atoms with Gasteiger partial charge in [0.2, 0.25) is 6.79 Å². The van der Waals surface area contributed by atoms with Gasteiger partial charge in [-0.1, -0.05) is 5.92 Å². The fourth-order valence-corrected chi connectivity index (χ4v) is 2.40. The minimum Gasteiger partial charge on any atom is -0.480 e. The molecular weight excluding hydrogens is 380 g/mol. The first-order valence-corrected chi connectivity index (χ1v) is 8.37. The first kappa shape index (κ1) is 19.5. The summed E-state index contributed by atoms with van der Waals surface area (Å²) in [6.45, 7) is 0.107. The van der Waals surface area contributed by atoms with Gasteiger partial charge in [-0.2, -0.15) is 5.10 Å². The van der Waals surface area contributed by atoms with Gasteiger partial charge in [-0.3, -0.25) is 14.9 Å². The molecule has 0 spiro atoms. The van der Waals surface area contributed by atoms with E-state index in [0.717, 1.165) is 0 Å². The number of terminal acetylenes is 1. The molecule has 0 radical (unpaired) electrons. The lowest BCUT2D eigenvalue weighted by atomic mass is 10.2. The van der Waals surface area contributed by atoms with E-state index in [0.29, 0.717) is 28.5 Å². The molecule has 148 valence electrons. The quantitative estimate of drug-likeness (QED) is 0.302. The summed E-state index contributed by atoms with van der Waals surface area (Å²) in [4.78, 5) is 22.4. The maximum atomic E-state index is 12.0. The molecule has 1 heterocycles. The van der Waals surface area contributed by atoms with Gasteiger partial charge in [-0.05, 0) is 18.2 Å². The molecule has 2 aromatic rings. The van der Waals surface area contributed by atoms with Crippen LogP contribution in [0.25, 0.3) is 0 Å². The Bertz CT molecular complexity index is 999. The highest BCUT2D eigenvalue weighted by molar-refractivity contribution is 5.87. The van der Waals surface area contributed by atoms with Crippen molar-refractivity contribution in [2.45, 2.75) is 0 Å². The van der Waals surface area contributed by atoms with Gasteiger partial charge in [0, 0.05) is 29.4 Å². The predicted octanol–water partition coefficient (Wildman–Crippen LogP) is 1.90. The van der Waals surface area contributed by atoms with Gasteiger partial charge in [0.1, 0.15) is 12.4 Å². The van der Waals surface area contributed by atoms with E-state index in [4.69, 9.17) is 20.6 Å². The third-order valence-corrected chi connectivity index (χ3v) is 3.73. The summed E-state index contributed by atoms with van der Waals surface area (Å²) in [5, 5.41) is 17.7. The van der Waals surface area contributed by atoms with Gasteiger partial charge in [0.15, 0.2) is 11.5 Å². The molecule has 0 bridgehead atoms. The lowest BCUT2D eigenvalue weighted by Gasteiger charge is -2.07. The van der Waals surface area contributed by atoms with E-state index >= 15 is 0 Å². The normalized spacial score (nSPS) is 11.7. The number of hydrogen-bond donors (Lipinski definition) is 2. The van der Waals surface area contributed by atoms with Crippen LogP contribution < -0.4 is 25.0 Å². The molecule has 0 atom stereocenters. The Balaban J connectivity index is 1.58. The molecule has 2 N–H and O–H groups in total.